The number of hydrogen-bond acceptors (Lipinski definition) is 5. The molecular weight excluding hydrogens is 447 g/mol. The number of aryl methyl sites for hydroxylation is 1. The summed E-state index contributed by atoms with van der Waals surface area (Å²) in [4.78, 5) is 14.3. The fourth-order valence-corrected chi connectivity index (χ4v) is 4.64. The zero-order valence-corrected chi connectivity index (χ0v) is 19.3. The van der Waals surface area contributed by atoms with E-state index < -0.39 is 0 Å². The number of benzene rings is 1. The molecule has 0 unspecified atom stereocenters. The summed E-state index contributed by atoms with van der Waals surface area (Å²) < 4.78 is 7.76. The molecule has 0 saturated carbocycles. The zero-order chi connectivity index (χ0) is 22.1. The van der Waals surface area contributed by atoms with E-state index >= 15 is 0 Å². The zero-order valence-electron chi connectivity index (χ0n) is 17.8. The van der Waals surface area contributed by atoms with Crippen LogP contribution in [0.3, 0.4) is 0 Å². The van der Waals surface area contributed by atoms with Gasteiger partial charge >= 0.3 is 0 Å². The molecule has 4 aromatic rings. The second-order valence-electron chi connectivity index (χ2n) is 8.10. The van der Waals surface area contributed by atoms with E-state index in [0.29, 0.717) is 28.5 Å². The highest BCUT2D eigenvalue weighted by Crippen LogP contribution is 2.31. The van der Waals surface area contributed by atoms with Crippen molar-refractivity contribution in [3.05, 3.63) is 64.2 Å². The molecule has 0 bridgehead atoms. The maximum Gasteiger partial charge on any atom is 0.233 e. The molecule has 1 saturated heterocycles. The quantitative estimate of drug-likeness (QED) is 0.428. The van der Waals surface area contributed by atoms with Gasteiger partial charge in [0, 0.05) is 24.5 Å². The lowest BCUT2D eigenvalue weighted by atomic mass is 9.89. The number of nitrogens with zero attached hydrogens (tertiary/aromatic N) is 5. The van der Waals surface area contributed by atoms with Crippen LogP contribution in [-0.4, -0.2) is 55.9 Å². The molecular formula is C23H24Cl2N6O. The number of nitrogens with one attached hydrogen (secondary N) is 1. The number of hydrogen-bond donors (Lipinski definition) is 1. The highest BCUT2D eigenvalue weighted by atomic mass is 35.5. The van der Waals surface area contributed by atoms with E-state index in [1.54, 1.807) is 18.5 Å². The fraction of sp³-hybridized carbons (Fsp3) is 0.348. The lowest BCUT2D eigenvalue weighted by molar-refractivity contribution is 0.171. The van der Waals surface area contributed by atoms with Crippen molar-refractivity contribution in [3.63, 3.8) is 0 Å². The molecule has 9 heteroatoms. The summed E-state index contributed by atoms with van der Waals surface area (Å²) in [6.07, 6.45) is 5.81. The lowest BCUT2D eigenvalue weighted by Crippen LogP contribution is -2.36. The number of piperidine rings is 1. The fourth-order valence-electron chi connectivity index (χ4n) is 4.35. The summed E-state index contributed by atoms with van der Waals surface area (Å²) in [6.45, 7) is 5.55. The smallest absolute Gasteiger partial charge is 0.233 e. The van der Waals surface area contributed by atoms with Gasteiger partial charge in [0.15, 0.2) is 5.65 Å². The molecule has 3 aromatic heterocycles. The molecule has 4 heterocycles. The first-order valence-electron chi connectivity index (χ1n) is 10.7. The third-order valence-corrected chi connectivity index (χ3v) is 6.80. The van der Waals surface area contributed by atoms with Crippen molar-refractivity contribution in [2.24, 2.45) is 0 Å². The topological polar surface area (TPSA) is 71.9 Å². The van der Waals surface area contributed by atoms with Gasteiger partial charge in [-0.3, -0.25) is 4.90 Å². The van der Waals surface area contributed by atoms with Gasteiger partial charge in [-0.25, -0.2) is 14.6 Å². The van der Waals surface area contributed by atoms with Gasteiger partial charge in [0.05, 0.1) is 27.6 Å². The minimum Gasteiger partial charge on any atom is -0.475 e. The van der Waals surface area contributed by atoms with Gasteiger partial charge in [-0.2, -0.15) is 0 Å². The molecule has 0 aliphatic carbocycles. The molecule has 1 fully saturated rings. The first kappa shape index (κ1) is 21.2. The van der Waals surface area contributed by atoms with Crippen molar-refractivity contribution < 1.29 is 4.74 Å². The van der Waals surface area contributed by atoms with Gasteiger partial charge in [-0.05, 0) is 68.6 Å². The third kappa shape index (κ3) is 4.33. The minimum absolute atomic E-state index is 0.505. The number of H-pyrrole nitrogens is 1. The number of aromatic amines is 1. The molecule has 5 rings (SSSR count). The van der Waals surface area contributed by atoms with Gasteiger partial charge in [-0.15, -0.1) is 5.10 Å². The molecule has 0 radical (unpaired) electrons. The Labute approximate surface area is 196 Å². The summed E-state index contributed by atoms with van der Waals surface area (Å²) in [5.74, 6) is 1.14. The predicted molar refractivity (Wildman–Crippen MR) is 126 cm³/mol. The summed E-state index contributed by atoms with van der Waals surface area (Å²) in [5.41, 5.74) is 5.03. The van der Waals surface area contributed by atoms with E-state index in [-0.39, 0.29) is 0 Å². The molecule has 1 N–H and O–H groups in total. The second kappa shape index (κ2) is 9.10. The average molecular weight is 471 g/mol. The van der Waals surface area contributed by atoms with Crippen LogP contribution in [0.4, 0.5) is 0 Å². The highest BCUT2D eigenvalue weighted by molar-refractivity contribution is 6.42. The Morgan fingerprint density at radius 3 is 2.75 bits per heavy atom. The SMILES string of the molecule is Cc1cc(OCCN2CCC(c3ccnc4nc[nH]c34)CC2)nn1-c1ccc(Cl)c(Cl)c1. The lowest BCUT2D eigenvalue weighted by Gasteiger charge is -2.32. The van der Waals surface area contributed by atoms with Crippen LogP contribution in [0.1, 0.15) is 30.0 Å². The first-order valence-corrected chi connectivity index (χ1v) is 11.5. The Hall–Kier alpha value is -2.61. The molecule has 1 aliphatic heterocycles. The number of imidazole rings is 1. The normalized spacial score (nSPS) is 15.5. The van der Waals surface area contributed by atoms with Gasteiger partial charge in [-0.1, -0.05) is 23.2 Å². The predicted octanol–water partition coefficient (Wildman–Crippen LogP) is 5.02. The van der Waals surface area contributed by atoms with Crippen LogP contribution in [0.25, 0.3) is 16.9 Å². The number of ether oxygens (including phenoxy) is 1. The Balaban J connectivity index is 1.14. The van der Waals surface area contributed by atoms with E-state index in [0.717, 1.165) is 55.0 Å². The average Bonchev–Trinajstić information content (AvgIpc) is 3.42. The molecule has 0 spiro atoms. The van der Waals surface area contributed by atoms with Crippen molar-refractivity contribution in [1.82, 2.24) is 29.6 Å². The van der Waals surface area contributed by atoms with E-state index in [1.807, 2.05) is 29.9 Å². The molecule has 7 nitrogen and oxygen atoms in total. The monoisotopic (exact) mass is 470 g/mol. The summed E-state index contributed by atoms with van der Waals surface area (Å²) >= 11 is 12.2. The van der Waals surface area contributed by atoms with E-state index in [2.05, 4.69) is 31.0 Å². The number of halogens is 2. The highest BCUT2D eigenvalue weighted by Gasteiger charge is 2.23. The van der Waals surface area contributed by atoms with Crippen molar-refractivity contribution >= 4 is 34.4 Å². The van der Waals surface area contributed by atoms with Gasteiger partial charge in [0.2, 0.25) is 5.88 Å². The molecule has 0 atom stereocenters. The molecule has 0 amide bonds. The molecule has 166 valence electrons. The minimum atomic E-state index is 0.505. The number of aromatic nitrogens is 5. The van der Waals surface area contributed by atoms with Crippen LogP contribution in [0.15, 0.2) is 42.9 Å². The standard InChI is InChI=1S/C23H24Cl2N6O/c1-15-12-21(29-31(15)17-2-3-19(24)20(25)13-17)32-11-10-30-8-5-16(6-9-30)18-4-7-26-23-22(18)27-14-28-23/h2-4,7,12-14,16H,5-6,8-11H2,1H3,(H,26,27,28). The first-order chi connectivity index (χ1) is 15.6. The molecule has 1 aromatic carbocycles. The van der Waals surface area contributed by atoms with E-state index in [4.69, 9.17) is 27.9 Å². The van der Waals surface area contributed by atoms with Crippen LogP contribution in [0, 0.1) is 6.92 Å². The number of likely N-dealkylation sites (tertiary alicyclic amines) is 1. The summed E-state index contributed by atoms with van der Waals surface area (Å²) in [6, 6.07) is 9.53. The number of rotatable bonds is 6. The summed E-state index contributed by atoms with van der Waals surface area (Å²) in [7, 11) is 0. The summed E-state index contributed by atoms with van der Waals surface area (Å²) in [5, 5.41) is 5.60. The van der Waals surface area contributed by atoms with Crippen molar-refractivity contribution in [2.75, 3.05) is 26.2 Å². The van der Waals surface area contributed by atoms with Gasteiger partial charge in [0.1, 0.15) is 6.61 Å². The van der Waals surface area contributed by atoms with Crippen LogP contribution >= 0.6 is 23.2 Å². The van der Waals surface area contributed by atoms with Crippen molar-refractivity contribution in [1.29, 1.82) is 0 Å². The van der Waals surface area contributed by atoms with Gasteiger partial charge in [0.25, 0.3) is 0 Å². The maximum absolute atomic E-state index is 6.15. The number of pyridine rings is 1. The molecule has 32 heavy (non-hydrogen) atoms. The van der Waals surface area contributed by atoms with Crippen LogP contribution < -0.4 is 4.74 Å². The van der Waals surface area contributed by atoms with E-state index in [1.165, 1.54) is 5.56 Å². The van der Waals surface area contributed by atoms with Crippen LogP contribution in [0.2, 0.25) is 10.0 Å². The number of fused-ring (bicyclic) bond motifs is 1. The Morgan fingerprint density at radius 1 is 1.09 bits per heavy atom. The van der Waals surface area contributed by atoms with E-state index in [9.17, 15) is 0 Å². The van der Waals surface area contributed by atoms with Crippen molar-refractivity contribution in [3.8, 4) is 11.6 Å². The Bertz CT molecular complexity index is 1230. The van der Waals surface area contributed by atoms with Crippen LogP contribution in [0.5, 0.6) is 5.88 Å². The second-order valence-corrected chi connectivity index (χ2v) is 8.91. The van der Waals surface area contributed by atoms with Crippen molar-refractivity contribution in [2.45, 2.75) is 25.7 Å². The third-order valence-electron chi connectivity index (χ3n) is 6.06. The Kier molecular flexibility index (Phi) is 6.04. The van der Waals surface area contributed by atoms with Gasteiger partial charge < -0.3 is 9.72 Å². The maximum atomic E-state index is 6.15. The van der Waals surface area contributed by atoms with Crippen LogP contribution in [-0.2, 0) is 0 Å². The Morgan fingerprint density at radius 2 is 1.94 bits per heavy atom. The molecule has 1 aliphatic rings. The largest absolute Gasteiger partial charge is 0.475 e.